The third-order valence-electron chi connectivity index (χ3n) is 6.02. The minimum atomic E-state index is -0.278. The number of hydrogen-bond donors (Lipinski definition) is 3. The van der Waals surface area contributed by atoms with Crippen molar-refractivity contribution in [3.05, 3.63) is 78.5 Å². The number of anilines is 5. The first kappa shape index (κ1) is 25.4. The van der Waals surface area contributed by atoms with E-state index in [0.717, 1.165) is 28.9 Å². The van der Waals surface area contributed by atoms with Crippen molar-refractivity contribution in [2.75, 3.05) is 36.1 Å². The van der Waals surface area contributed by atoms with Gasteiger partial charge in [-0.1, -0.05) is 24.8 Å². The Balaban J connectivity index is 1.51. The number of hydrogen-bond acceptors (Lipinski definition) is 7. The van der Waals surface area contributed by atoms with E-state index in [9.17, 15) is 9.59 Å². The highest BCUT2D eigenvalue weighted by Crippen LogP contribution is 2.33. The van der Waals surface area contributed by atoms with Gasteiger partial charge in [0, 0.05) is 43.1 Å². The molecule has 9 nitrogen and oxygen atoms in total. The van der Waals surface area contributed by atoms with Gasteiger partial charge in [0.25, 0.3) is 0 Å². The predicted octanol–water partition coefficient (Wildman–Crippen LogP) is 5.04. The molecular weight excluding hydrogens is 468 g/mol. The number of nitrogens with zero attached hydrogens (tertiary/aromatic N) is 3. The summed E-state index contributed by atoms with van der Waals surface area (Å²) in [7, 11) is 1.62. The maximum atomic E-state index is 11.6. The van der Waals surface area contributed by atoms with Gasteiger partial charge >= 0.3 is 0 Å². The van der Waals surface area contributed by atoms with E-state index in [0.29, 0.717) is 36.3 Å². The molecule has 0 saturated carbocycles. The monoisotopic (exact) mass is 498 g/mol. The summed E-state index contributed by atoms with van der Waals surface area (Å²) >= 11 is 0. The van der Waals surface area contributed by atoms with E-state index in [1.165, 1.54) is 11.6 Å². The number of carbonyl (C=O) groups is 2. The van der Waals surface area contributed by atoms with Crippen molar-refractivity contribution >= 4 is 46.2 Å². The van der Waals surface area contributed by atoms with Crippen molar-refractivity contribution in [1.29, 1.82) is 0 Å². The smallest absolute Gasteiger partial charge is 0.247 e. The van der Waals surface area contributed by atoms with E-state index >= 15 is 0 Å². The van der Waals surface area contributed by atoms with Gasteiger partial charge in [0.15, 0.2) is 0 Å². The Morgan fingerprint density at radius 2 is 1.95 bits per heavy atom. The minimum absolute atomic E-state index is 0.0894. The molecule has 0 saturated heterocycles. The lowest BCUT2D eigenvalue weighted by Crippen LogP contribution is -2.32. The molecule has 1 aliphatic rings. The van der Waals surface area contributed by atoms with Crippen molar-refractivity contribution < 1.29 is 14.3 Å². The molecule has 190 valence electrons. The maximum absolute atomic E-state index is 11.6. The van der Waals surface area contributed by atoms with Gasteiger partial charge in [-0.25, -0.2) is 4.98 Å². The van der Waals surface area contributed by atoms with Gasteiger partial charge in [-0.15, -0.1) is 0 Å². The van der Waals surface area contributed by atoms with Gasteiger partial charge in [-0.05, 0) is 60.9 Å². The normalized spacial score (nSPS) is 12.8. The van der Waals surface area contributed by atoms with Crippen molar-refractivity contribution in [2.45, 2.75) is 20.3 Å². The third kappa shape index (κ3) is 6.32. The molecule has 0 bridgehead atoms. The molecule has 0 unspecified atom stereocenters. The summed E-state index contributed by atoms with van der Waals surface area (Å²) in [5.41, 5.74) is 5.25. The van der Waals surface area contributed by atoms with Gasteiger partial charge < -0.3 is 25.6 Å². The summed E-state index contributed by atoms with van der Waals surface area (Å²) in [6, 6.07) is 13.3. The largest absolute Gasteiger partial charge is 0.495 e. The van der Waals surface area contributed by atoms with E-state index in [1.54, 1.807) is 26.3 Å². The van der Waals surface area contributed by atoms with Crippen LogP contribution in [0.25, 0.3) is 5.57 Å². The number of aromatic nitrogens is 2. The molecule has 0 spiro atoms. The van der Waals surface area contributed by atoms with Gasteiger partial charge in [-0.3, -0.25) is 9.59 Å². The molecule has 3 aromatic rings. The van der Waals surface area contributed by atoms with Crippen LogP contribution in [0, 0.1) is 6.92 Å². The lowest BCUT2D eigenvalue weighted by Gasteiger charge is -2.25. The molecular formula is C28H30N6O3. The second-order valence-electron chi connectivity index (χ2n) is 8.61. The number of nitrogens with one attached hydrogen (secondary N) is 3. The Morgan fingerprint density at radius 3 is 2.65 bits per heavy atom. The van der Waals surface area contributed by atoms with Crippen LogP contribution in [0.4, 0.5) is 28.8 Å². The highest BCUT2D eigenvalue weighted by molar-refractivity contribution is 5.99. The van der Waals surface area contributed by atoms with E-state index < -0.39 is 0 Å². The zero-order valence-corrected chi connectivity index (χ0v) is 21.2. The van der Waals surface area contributed by atoms with Crippen LogP contribution in [0.15, 0.2) is 67.4 Å². The number of methoxy groups -OCH3 is 1. The van der Waals surface area contributed by atoms with Crippen LogP contribution in [0.3, 0.4) is 0 Å². The summed E-state index contributed by atoms with van der Waals surface area (Å²) < 4.78 is 5.65. The average molecular weight is 499 g/mol. The Hall–Kier alpha value is -4.66. The molecule has 0 atom stereocenters. The summed E-state index contributed by atoms with van der Waals surface area (Å²) in [5.74, 6) is 1.51. The lowest BCUT2D eigenvalue weighted by atomic mass is 9.99. The van der Waals surface area contributed by atoms with Crippen LogP contribution in [-0.4, -0.2) is 46.9 Å². The van der Waals surface area contributed by atoms with Crippen LogP contribution in [-0.2, 0) is 9.59 Å². The number of amides is 2. The summed E-state index contributed by atoms with van der Waals surface area (Å²) in [6.07, 6.45) is 5.84. The van der Waals surface area contributed by atoms with Gasteiger partial charge in [0.05, 0.1) is 12.8 Å². The van der Waals surface area contributed by atoms with Gasteiger partial charge in [0.1, 0.15) is 11.6 Å². The Bertz CT molecular complexity index is 1370. The van der Waals surface area contributed by atoms with Gasteiger partial charge in [0.2, 0.25) is 17.8 Å². The van der Waals surface area contributed by atoms with Crippen LogP contribution in [0.2, 0.25) is 0 Å². The molecule has 0 fully saturated rings. The quantitative estimate of drug-likeness (QED) is 0.373. The topological polar surface area (TPSA) is 108 Å². The zero-order chi connectivity index (χ0) is 26.4. The number of rotatable bonds is 8. The number of aryl methyl sites for hydroxylation is 1. The van der Waals surface area contributed by atoms with Crippen molar-refractivity contribution in [3.63, 3.8) is 0 Å². The van der Waals surface area contributed by atoms with E-state index in [4.69, 9.17) is 4.74 Å². The molecule has 4 rings (SSSR count). The zero-order valence-electron chi connectivity index (χ0n) is 21.2. The van der Waals surface area contributed by atoms with Crippen LogP contribution >= 0.6 is 0 Å². The Morgan fingerprint density at radius 1 is 1.14 bits per heavy atom. The second kappa shape index (κ2) is 11.4. The number of carbonyl (C=O) groups excluding carboxylic acids is 2. The highest BCUT2D eigenvalue weighted by Gasteiger charge is 2.16. The van der Waals surface area contributed by atoms with Crippen LogP contribution in [0.5, 0.6) is 5.75 Å². The fourth-order valence-electron chi connectivity index (χ4n) is 3.97. The fourth-order valence-corrected chi connectivity index (χ4v) is 3.97. The number of benzene rings is 2. The summed E-state index contributed by atoms with van der Waals surface area (Å²) in [6.45, 7) is 8.31. The van der Waals surface area contributed by atoms with Crippen molar-refractivity contribution in [2.24, 2.45) is 0 Å². The highest BCUT2D eigenvalue weighted by atomic mass is 16.5. The Labute approximate surface area is 216 Å². The molecule has 1 aromatic heterocycles. The summed E-state index contributed by atoms with van der Waals surface area (Å²) in [5, 5.41) is 9.28. The SMILES string of the molecule is C=CC(=O)Nc1cccc(Nc2nc(Nc3ccc(C4=CCN(C(C)=O)CC4)cc3OC)ncc2C)c1. The first-order valence-corrected chi connectivity index (χ1v) is 11.9. The first-order valence-electron chi connectivity index (χ1n) is 11.9. The van der Waals surface area contributed by atoms with E-state index in [-0.39, 0.29) is 11.8 Å². The minimum Gasteiger partial charge on any atom is -0.495 e. The standard InChI is InChI=1S/C28H30N6O3/c1-5-26(36)30-22-7-6-8-23(16-22)31-27-18(2)17-29-28(33-27)32-24-10-9-21(15-25(24)37-4)20-11-13-34(14-12-20)19(3)35/h5-11,15-17H,1,12-14H2,2-4H3,(H,30,36)(H2,29,31,32,33). The first-order chi connectivity index (χ1) is 17.9. The Kier molecular flexibility index (Phi) is 7.83. The van der Waals surface area contributed by atoms with Crippen LogP contribution < -0.4 is 20.7 Å². The summed E-state index contributed by atoms with van der Waals surface area (Å²) in [4.78, 5) is 34.1. The molecule has 37 heavy (non-hydrogen) atoms. The molecule has 2 aromatic carbocycles. The van der Waals surface area contributed by atoms with Gasteiger partial charge in [-0.2, -0.15) is 4.98 Å². The molecule has 1 aliphatic heterocycles. The van der Waals surface area contributed by atoms with Crippen LogP contribution in [0.1, 0.15) is 24.5 Å². The number of ether oxygens (including phenoxy) is 1. The van der Waals surface area contributed by atoms with E-state index in [1.807, 2.05) is 48.2 Å². The molecule has 0 radical (unpaired) electrons. The molecule has 2 amide bonds. The molecule has 9 heteroatoms. The lowest BCUT2D eigenvalue weighted by molar-refractivity contribution is -0.128. The second-order valence-corrected chi connectivity index (χ2v) is 8.61. The molecule has 3 N–H and O–H groups in total. The molecule has 2 heterocycles. The molecule has 0 aliphatic carbocycles. The average Bonchev–Trinajstić information content (AvgIpc) is 2.91. The van der Waals surface area contributed by atoms with Crippen molar-refractivity contribution in [1.82, 2.24) is 14.9 Å². The predicted molar refractivity (Wildman–Crippen MR) is 146 cm³/mol. The maximum Gasteiger partial charge on any atom is 0.247 e. The fraction of sp³-hybridized carbons (Fsp3) is 0.214. The van der Waals surface area contributed by atoms with E-state index in [2.05, 4.69) is 38.6 Å². The third-order valence-corrected chi connectivity index (χ3v) is 6.02. The van der Waals surface area contributed by atoms with Crippen molar-refractivity contribution in [3.8, 4) is 5.75 Å².